The van der Waals surface area contributed by atoms with E-state index >= 15 is 0 Å². The summed E-state index contributed by atoms with van der Waals surface area (Å²) in [7, 11) is 0. The molecule has 0 aliphatic rings. The zero-order chi connectivity index (χ0) is 41.5. The Kier molecular flexibility index (Phi) is 17.4. The average molecular weight is 884 g/mol. The van der Waals surface area contributed by atoms with Crippen LogP contribution in [-0.4, -0.2) is 82.9 Å². The van der Waals surface area contributed by atoms with Gasteiger partial charge in [-0.2, -0.15) is 12.6 Å². The number of halogens is 2. The quantitative estimate of drug-likeness (QED) is 0.0449. The number of aromatic amines is 1. The molecule has 4 rings (SSSR count). The van der Waals surface area contributed by atoms with Gasteiger partial charge in [0.05, 0.1) is 6.42 Å². The third kappa shape index (κ3) is 13.6. The van der Waals surface area contributed by atoms with Crippen molar-refractivity contribution in [2.45, 2.75) is 75.7 Å². The molecular weight excluding hydrogens is 836 g/mol. The number of nitrogens with two attached hydrogens (primary N) is 2. The predicted octanol–water partition coefficient (Wildman–Crippen LogP) is 2.60. The minimum Gasteiger partial charge on any atom is -0.368 e. The number of fused-ring (bicyclic) bond motifs is 1. The number of H-pyrrole nitrogens is 1. The maximum Gasteiger partial charge on any atom is 0.244 e. The highest BCUT2D eigenvalue weighted by molar-refractivity contribution is 9.10. The van der Waals surface area contributed by atoms with Gasteiger partial charge in [0.25, 0.3) is 0 Å². The number of nitrogens with one attached hydrogen (secondary N) is 6. The lowest BCUT2D eigenvalue weighted by Gasteiger charge is -2.26. The third-order valence-electron chi connectivity index (χ3n) is 9.19. The molecule has 3 aromatic carbocycles. The van der Waals surface area contributed by atoms with E-state index in [9.17, 15) is 28.8 Å². The number of para-hydroxylation sites is 1. The summed E-state index contributed by atoms with van der Waals surface area (Å²) in [5, 5.41) is 14.6. The van der Waals surface area contributed by atoms with Crippen LogP contribution in [0.2, 0.25) is 5.02 Å². The number of primary amides is 1. The van der Waals surface area contributed by atoms with E-state index in [0.29, 0.717) is 30.0 Å². The van der Waals surface area contributed by atoms with Crippen LogP contribution >= 0.6 is 40.2 Å². The third-order valence-corrected chi connectivity index (χ3v) is 10.4. The lowest BCUT2D eigenvalue weighted by molar-refractivity contribution is -0.134. The minimum absolute atomic E-state index is 0.0353. The van der Waals surface area contributed by atoms with Crippen molar-refractivity contribution in [1.82, 2.24) is 31.6 Å². The summed E-state index contributed by atoms with van der Waals surface area (Å²) in [5.41, 5.74) is 14.2. The molecule has 57 heavy (non-hydrogen) atoms. The summed E-state index contributed by atoms with van der Waals surface area (Å²) in [5.74, 6) is -4.07. The van der Waals surface area contributed by atoms with Gasteiger partial charge in [0.1, 0.15) is 30.2 Å². The van der Waals surface area contributed by atoms with Crippen LogP contribution in [0.3, 0.4) is 0 Å². The molecule has 0 unspecified atom stereocenters. The van der Waals surface area contributed by atoms with Crippen molar-refractivity contribution in [3.63, 3.8) is 0 Å². The fraction of sp³-hybridized carbons (Fsp3) is 0.350. The lowest BCUT2D eigenvalue weighted by Crippen LogP contribution is -2.59. The normalized spacial score (nSPS) is 13.7. The summed E-state index contributed by atoms with van der Waals surface area (Å²) < 4.78 is 0.810. The molecule has 1 aromatic heterocycles. The molecule has 0 bridgehead atoms. The second kappa shape index (κ2) is 22.1. The van der Waals surface area contributed by atoms with Crippen LogP contribution in [0.15, 0.2) is 83.5 Å². The highest BCUT2D eigenvalue weighted by Gasteiger charge is 2.31. The van der Waals surface area contributed by atoms with Gasteiger partial charge in [-0.25, -0.2) is 0 Å². The van der Waals surface area contributed by atoms with Crippen molar-refractivity contribution < 1.29 is 28.8 Å². The molecule has 0 aliphatic heterocycles. The SMILES string of the molecule is C[C@H](NC(=O)[C@H](CCCCN)NC(=O)Cc1cccc(Br)c1)C(=O)N[C@H](Cc1ccccc1Cl)C(=O)N[C@@H](CS)C(=O)N[C@@H](Cc1c[nH]c2ccccc12)C(N)=O. The number of thiol groups is 1. The standard InChI is InChI=1S/C40H48BrClN8O6S/c1-23(46-38(54)31(15-6-7-16-43)47-35(51)18-24-9-8-11-27(41)17-24)37(53)49-33(19-25-10-2-4-13-29(25)42)39(55)50-34(22-57)40(56)48-32(36(44)52)20-26-21-45-30-14-5-3-12-28(26)30/h2-5,8-14,17,21,23,31-34,45,57H,6-7,15-16,18-20,22,43H2,1H3,(H2,44,52)(H,46,54)(H,47,51)(H,48,56)(H,49,53)(H,50,55)/t23-,31-,32-,33+,34-/m0/s1. The number of hydrogen-bond acceptors (Lipinski definition) is 8. The Balaban J connectivity index is 1.44. The Labute approximate surface area is 349 Å². The Morgan fingerprint density at radius 1 is 0.754 bits per heavy atom. The number of amides is 6. The molecule has 14 nitrogen and oxygen atoms in total. The zero-order valence-electron chi connectivity index (χ0n) is 31.4. The molecular formula is C40H48BrClN8O6S. The van der Waals surface area contributed by atoms with E-state index in [1.165, 1.54) is 6.92 Å². The van der Waals surface area contributed by atoms with Crippen LogP contribution in [0.1, 0.15) is 42.9 Å². The average Bonchev–Trinajstić information content (AvgIpc) is 3.59. The van der Waals surface area contributed by atoms with Gasteiger partial charge < -0.3 is 43.0 Å². The molecule has 4 aromatic rings. The molecule has 0 saturated heterocycles. The topological polar surface area (TPSA) is 230 Å². The van der Waals surface area contributed by atoms with Gasteiger partial charge in [-0.05, 0) is 73.7 Å². The van der Waals surface area contributed by atoms with Crippen LogP contribution in [0.4, 0.5) is 0 Å². The molecule has 0 radical (unpaired) electrons. The molecule has 304 valence electrons. The van der Waals surface area contributed by atoms with Crippen molar-refractivity contribution in [3.8, 4) is 0 Å². The zero-order valence-corrected chi connectivity index (χ0v) is 34.6. The number of benzene rings is 3. The Hall–Kier alpha value is -4.90. The first-order valence-corrected chi connectivity index (χ1v) is 20.2. The summed E-state index contributed by atoms with van der Waals surface area (Å²) >= 11 is 14.1. The Bertz CT molecular complexity index is 2050. The second-order valence-corrected chi connectivity index (χ2v) is 15.3. The molecule has 0 fully saturated rings. The Morgan fingerprint density at radius 2 is 1.40 bits per heavy atom. The first-order chi connectivity index (χ1) is 27.3. The van der Waals surface area contributed by atoms with Crippen molar-refractivity contribution in [1.29, 1.82) is 0 Å². The van der Waals surface area contributed by atoms with E-state index in [4.69, 9.17) is 23.1 Å². The van der Waals surface area contributed by atoms with Crippen molar-refractivity contribution in [2.75, 3.05) is 12.3 Å². The molecule has 10 N–H and O–H groups in total. The smallest absolute Gasteiger partial charge is 0.244 e. The monoisotopic (exact) mass is 882 g/mol. The van der Waals surface area contributed by atoms with Crippen LogP contribution < -0.4 is 38.1 Å². The largest absolute Gasteiger partial charge is 0.368 e. The van der Waals surface area contributed by atoms with Gasteiger partial charge >= 0.3 is 0 Å². The summed E-state index contributed by atoms with van der Waals surface area (Å²) in [6.07, 6.45) is 3.25. The van der Waals surface area contributed by atoms with E-state index in [-0.39, 0.29) is 37.3 Å². The van der Waals surface area contributed by atoms with Crippen molar-refractivity contribution >= 4 is 86.5 Å². The van der Waals surface area contributed by atoms with Gasteiger partial charge in [-0.3, -0.25) is 28.8 Å². The maximum absolute atomic E-state index is 13.9. The highest BCUT2D eigenvalue weighted by atomic mass is 79.9. The number of carbonyl (C=O) groups is 6. The molecule has 0 aliphatic carbocycles. The van der Waals surface area contributed by atoms with Gasteiger partial charge in [0.15, 0.2) is 0 Å². The first-order valence-electron chi connectivity index (χ1n) is 18.4. The molecule has 1 heterocycles. The Morgan fingerprint density at radius 3 is 2.11 bits per heavy atom. The number of unbranched alkanes of at least 4 members (excludes halogenated alkanes) is 1. The highest BCUT2D eigenvalue weighted by Crippen LogP contribution is 2.20. The van der Waals surface area contributed by atoms with E-state index in [1.807, 2.05) is 30.3 Å². The van der Waals surface area contributed by atoms with Gasteiger partial charge in [0.2, 0.25) is 35.4 Å². The van der Waals surface area contributed by atoms with E-state index < -0.39 is 59.7 Å². The van der Waals surface area contributed by atoms with Crippen LogP contribution in [-0.2, 0) is 48.0 Å². The lowest BCUT2D eigenvalue weighted by atomic mass is 10.0. The molecule has 17 heteroatoms. The van der Waals surface area contributed by atoms with Gasteiger partial charge in [0, 0.05) is 45.2 Å². The number of rotatable bonds is 21. The molecule has 0 spiro atoms. The molecule has 0 saturated carbocycles. The summed E-state index contributed by atoms with van der Waals surface area (Å²) in [6, 6.07) is 15.8. The molecule has 5 atom stereocenters. The minimum atomic E-state index is -1.27. The van der Waals surface area contributed by atoms with E-state index in [0.717, 1.165) is 26.5 Å². The van der Waals surface area contributed by atoms with Crippen LogP contribution in [0.25, 0.3) is 10.9 Å². The van der Waals surface area contributed by atoms with E-state index in [1.54, 1.807) is 48.7 Å². The number of aromatic nitrogens is 1. The van der Waals surface area contributed by atoms with Crippen molar-refractivity contribution in [3.05, 3.63) is 105 Å². The van der Waals surface area contributed by atoms with Gasteiger partial charge in [-0.1, -0.05) is 76.1 Å². The maximum atomic E-state index is 13.9. The fourth-order valence-electron chi connectivity index (χ4n) is 6.09. The number of carbonyl (C=O) groups excluding carboxylic acids is 6. The van der Waals surface area contributed by atoms with Crippen LogP contribution in [0.5, 0.6) is 0 Å². The molecule has 6 amide bonds. The van der Waals surface area contributed by atoms with Crippen molar-refractivity contribution in [2.24, 2.45) is 11.5 Å². The van der Waals surface area contributed by atoms with Crippen LogP contribution in [0, 0.1) is 0 Å². The summed E-state index contributed by atoms with van der Waals surface area (Å²) in [6.45, 7) is 1.85. The first kappa shape index (κ1) is 44.8. The fourth-order valence-corrected chi connectivity index (χ4v) is 7.01. The predicted molar refractivity (Wildman–Crippen MR) is 226 cm³/mol. The number of hydrogen-bond donors (Lipinski definition) is 9. The second-order valence-electron chi connectivity index (χ2n) is 13.6. The summed E-state index contributed by atoms with van der Waals surface area (Å²) in [4.78, 5) is 83.0. The van der Waals surface area contributed by atoms with E-state index in [2.05, 4.69) is 60.1 Å². The van der Waals surface area contributed by atoms with Gasteiger partial charge in [-0.15, -0.1) is 0 Å².